The van der Waals surface area contributed by atoms with Crippen LogP contribution in [0.4, 0.5) is 5.82 Å². The first-order valence-electron chi connectivity index (χ1n) is 7.31. The molecule has 1 aliphatic rings. The largest absolute Gasteiger partial charge is 0.353 e. The number of rotatable bonds is 3. The van der Waals surface area contributed by atoms with Crippen LogP contribution >= 0.6 is 11.8 Å². The molecule has 0 spiro atoms. The summed E-state index contributed by atoms with van der Waals surface area (Å²) in [5, 5.41) is 4.62. The molecule has 3 rings (SSSR count). The van der Waals surface area contributed by atoms with Crippen LogP contribution in [0.3, 0.4) is 0 Å². The van der Waals surface area contributed by atoms with Gasteiger partial charge in [-0.15, -0.1) is 0 Å². The Balaban J connectivity index is 2.21. The lowest BCUT2D eigenvalue weighted by atomic mass is 10.3. The number of anilines is 1. The average Bonchev–Trinajstić information content (AvgIpc) is 2.84. The van der Waals surface area contributed by atoms with E-state index < -0.39 is 0 Å². The zero-order valence-corrected chi connectivity index (χ0v) is 13.2. The van der Waals surface area contributed by atoms with Crippen molar-refractivity contribution in [2.45, 2.75) is 33.7 Å². The molecule has 0 N–H and O–H groups in total. The van der Waals surface area contributed by atoms with Gasteiger partial charge in [0.2, 0.25) is 0 Å². The Morgan fingerprint density at radius 2 is 1.90 bits per heavy atom. The van der Waals surface area contributed by atoms with E-state index in [-0.39, 0.29) is 0 Å². The summed E-state index contributed by atoms with van der Waals surface area (Å²) < 4.78 is 2.04. The van der Waals surface area contributed by atoms with Crippen LogP contribution in [-0.2, 0) is 13.0 Å². The van der Waals surface area contributed by atoms with E-state index in [1.807, 2.05) is 23.4 Å². The predicted molar refractivity (Wildman–Crippen MR) is 84.7 cm³/mol. The Morgan fingerprint density at radius 3 is 2.55 bits per heavy atom. The summed E-state index contributed by atoms with van der Waals surface area (Å²) in [6, 6.07) is 0. The number of hydrogen-bond acceptors (Lipinski definition) is 5. The molecule has 1 fully saturated rings. The van der Waals surface area contributed by atoms with Crippen molar-refractivity contribution < 1.29 is 0 Å². The van der Waals surface area contributed by atoms with Crippen LogP contribution in [0.2, 0.25) is 0 Å². The smallest absolute Gasteiger partial charge is 0.158 e. The first-order chi connectivity index (χ1) is 9.74. The molecular weight excluding hydrogens is 270 g/mol. The maximum atomic E-state index is 4.81. The Bertz CT molecular complexity index is 616. The summed E-state index contributed by atoms with van der Waals surface area (Å²) in [6.07, 6.45) is 0.863. The van der Waals surface area contributed by atoms with Crippen LogP contribution in [0.1, 0.15) is 25.4 Å². The molecule has 20 heavy (non-hydrogen) atoms. The van der Waals surface area contributed by atoms with Crippen molar-refractivity contribution in [1.82, 2.24) is 19.7 Å². The lowest BCUT2D eigenvalue weighted by molar-refractivity contribution is 0.672. The average molecular weight is 291 g/mol. The molecule has 108 valence electrons. The summed E-state index contributed by atoms with van der Waals surface area (Å²) in [7, 11) is 0. The van der Waals surface area contributed by atoms with Gasteiger partial charge in [-0.25, -0.2) is 9.97 Å². The molecule has 0 saturated carbocycles. The van der Waals surface area contributed by atoms with Crippen LogP contribution in [0, 0.1) is 6.92 Å². The molecule has 0 unspecified atom stereocenters. The van der Waals surface area contributed by atoms with Gasteiger partial charge in [0.1, 0.15) is 16.9 Å². The molecule has 0 amide bonds. The molecule has 0 atom stereocenters. The van der Waals surface area contributed by atoms with Crippen LogP contribution in [-0.4, -0.2) is 44.3 Å². The topological polar surface area (TPSA) is 46.8 Å². The minimum absolute atomic E-state index is 0.856. The van der Waals surface area contributed by atoms with Gasteiger partial charge in [0, 0.05) is 37.6 Å². The standard InChI is InChI=1S/C14H21N5S/c1-4-11-15-12-10(3)17-19(5-2)13(12)14(16-11)18-6-8-20-9-7-18/h4-9H2,1-3H3. The van der Waals surface area contributed by atoms with Gasteiger partial charge < -0.3 is 4.90 Å². The molecule has 0 radical (unpaired) electrons. The second kappa shape index (κ2) is 5.60. The second-order valence-corrected chi connectivity index (χ2v) is 6.24. The lowest BCUT2D eigenvalue weighted by Gasteiger charge is -2.28. The zero-order chi connectivity index (χ0) is 14.1. The summed E-state index contributed by atoms with van der Waals surface area (Å²) in [6.45, 7) is 9.25. The van der Waals surface area contributed by atoms with Crippen molar-refractivity contribution in [3.8, 4) is 0 Å². The van der Waals surface area contributed by atoms with Crippen molar-refractivity contribution >= 4 is 28.6 Å². The van der Waals surface area contributed by atoms with E-state index in [4.69, 9.17) is 9.97 Å². The second-order valence-electron chi connectivity index (χ2n) is 5.01. The highest BCUT2D eigenvalue weighted by Crippen LogP contribution is 2.28. The fourth-order valence-electron chi connectivity index (χ4n) is 2.64. The number of nitrogens with zero attached hydrogens (tertiary/aromatic N) is 5. The van der Waals surface area contributed by atoms with Gasteiger partial charge in [-0.2, -0.15) is 16.9 Å². The molecule has 1 saturated heterocycles. The maximum absolute atomic E-state index is 4.81. The van der Waals surface area contributed by atoms with E-state index in [1.165, 1.54) is 11.5 Å². The minimum atomic E-state index is 0.856. The number of aromatic nitrogens is 4. The fourth-order valence-corrected chi connectivity index (χ4v) is 3.54. The zero-order valence-electron chi connectivity index (χ0n) is 12.4. The van der Waals surface area contributed by atoms with Gasteiger partial charge in [0.25, 0.3) is 0 Å². The Morgan fingerprint density at radius 1 is 1.15 bits per heavy atom. The minimum Gasteiger partial charge on any atom is -0.353 e. The van der Waals surface area contributed by atoms with Crippen LogP contribution < -0.4 is 4.90 Å². The monoisotopic (exact) mass is 291 g/mol. The highest BCUT2D eigenvalue weighted by Gasteiger charge is 2.21. The maximum Gasteiger partial charge on any atom is 0.158 e. The first-order valence-corrected chi connectivity index (χ1v) is 8.46. The van der Waals surface area contributed by atoms with E-state index >= 15 is 0 Å². The third kappa shape index (κ3) is 2.26. The van der Waals surface area contributed by atoms with E-state index in [0.29, 0.717) is 0 Å². The Kier molecular flexibility index (Phi) is 3.83. The van der Waals surface area contributed by atoms with E-state index in [2.05, 4.69) is 23.8 Å². The van der Waals surface area contributed by atoms with E-state index in [9.17, 15) is 0 Å². The molecule has 0 aromatic carbocycles. The summed E-state index contributed by atoms with van der Waals surface area (Å²) in [5.41, 5.74) is 3.13. The predicted octanol–water partition coefficient (Wildman–Crippen LogP) is 2.27. The van der Waals surface area contributed by atoms with Gasteiger partial charge in [-0.1, -0.05) is 6.92 Å². The number of thioether (sulfide) groups is 1. The number of fused-ring (bicyclic) bond motifs is 1. The normalized spacial score (nSPS) is 16.1. The Hall–Kier alpha value is -1.30. The summed E-state index contributed by atoms with van der Waals surface area (Å²) in [5.74, 6) is 4.34. The quantitative estimate of drug-likeness (QED) is 0.868. The molecular formula is C14H21N5S. The molecule has 2 aromatic heterocycles. The fraction of sp³-hybridized carbons (Fsp3) is 0.643. The van der Waals surface area contributed by atoms with Crippen molar-refractivity contribution in [2.75, 3.05) is 29.5 Å². The third-order valence-corrected chi connectivity index (χ3v) is 4.65. The highest BCUT2D eigenvalue weighted by atomic mass is 32.2. The van der Waals surface area contributed by atoms with Crippen molar-refractivity contribution in [3.05, 3.63) is 11.5 Å². The molecule has 2 aromatic rings. The molecule has 1 aliphatic heterocycles. The van der Waals surface area contributed by atoms with Crippen LogP contribution in [0.5, 0.6) is 0 Å². The summed E-state index contributed by atoms with van der Waals surface area (Å²) in [4.78, 5) is 11.9. The molecule has 0 aliphatic carbocycles. The van der Waals surface area contributed by atoms with Crippen molar-refractivity contribution in [2.24, 2.45) is 0 Å². The summed E-state index contributed by atoms with van der Waals surface area (Å²) >= 11 is 2.02. The van der Waals surface area contributed by atoms with Gasteiger partial charge >= 0.3 is 0 Å². The van der Waals surface area contributed by atoms with Gasteiger partial charge in [0.15, 0.2) is 5.82 Å². The van der Waals surface area contributed by atoms with Crippen molar-refractivity contribution in [3.63, 3.8) is 0 Å². The SMILES string of the molecule is CCc1nc(N2CCSCC2)c2c(n1)c(C)nn2CC. The van der Waals surface area contributed by atoms with Crippen LogP contribution in [0.25, 0.3) is 11.0 Å². The Labute approximate surface area is 123 Å². The molecule has 3 heterocycles. The van der Waals surface area contributed by atoms with Gasteiger partial charge in [-0.05, 0) is 13.8 Å². The van der Waals surface area contributed by atoms with Gasteiger partial charge in [0.05, 0.1) is 5.69 Å². The first kappa shape index (κ1) is 13.7. The van der Waals surface area contributed by atoms with Crippen molar-refractivity contribution in [1.29, 1.82) is 0 Å². The van der Waals surface area contributed by atoms with Gasteiger partial charge in [-0.3, -0.25) is 4.68 Å². The van der Waals surface area contributed by atoms with E-state index in [0.717, 1.165) is 54.4 Å². The third-order valence-electron chi connectivity index (χ3n) is 3.71. The number of hydrogen-bond donors (Lipinski definition) is 0. The molecule has 5 nitrogen and oxygen atoms in total. The van der Waals surface area contributed by atoms with E-state index in [1.54, 1.807) is 0 Å². The van der Waals surface area contributed by atoms with Crippen LogP contribution in [0.15, 0.2) is 0 Å². The lowest BCUT2D eigenvalue weighted by Crippen LogP contribution is -2.33. The number of aryl methyl sites for hydroxylation is 3. The molecule has 0 bridgehead atoms. The molecule has 6 heteroatoms. The highest BCUT2D eigenvalue weighted by molar-refractivity contribution is 7.99.